The molecule has 104 valence electrons. The van der Waals surface area contributed by atoms with Crippen LogP contribution in [0.15, 0.2) is 0 Å². The van der Waals surface area contributed by atoms with Gasteiger partial charge in [0.2, 0.25) is 5.91 Å². The molecule has 2 rings (SSSR count). The van der Waals surface area contributed by atoms with Gasteiger partial charge in [0.25, 0.3) is 0 Å². The quantitative estimate of drug-likeness (QED) is 0.839. The van der Waals surface area contributed by atoms with E-state index in [9.17, 15) is 4.79 Å². The zero-order valence-electron chi connectivity index (χ0n) is 11.6. The summed E-state index contributed by atoms with van der Waals surface area (Å²) in [7, 11) is 0. The summed E-state index contributed by atoms with van der Waals surface area (Å²) in [5.41, 5.74) is 0. The van der Waals surface area contributed by atoms with Crippen LogP contribution >= 0.6 is 11.8 Å². The van der Waals surface area contributed by atoms with E-state index in [0.29, 0.717) is 6.04 Å². The van der Waals surface area contributed by atoms with E-state index in [0.717, 1.165) is 5.25 Å². The van der Waals surface area contributed by atoms with Crippen LogP contribution in [0.2, 0.25) is 0 Å². The molecule has 1 N–H and O–H groups in total. The molecule has 0 aromatic heterocycles. The van der Waals surface area contributed by atoms with E-state index in [1.54, 1.807) is 0 Å². The third-order valence-electron chi connectivity index (χ3n) is 4.27. The number of hydrogen-bond donors (Lipinski definition) is 1. The van der Waals surface area contributed by atoms with Crippen molar-refractivity contribution in [2.75, 3.05) is 0 Å². The second-order valence-corrected chi connectivity index (χ2v) is 7.53. The lowest BCUT2D eigenvalue weighted by Crippen LogP contribution is -2.40. The van der Waals surface area contributed by atoms with E-state index >= 15 is 0 Å². The lowest BCUT2D eigenvalue weighted by atomic mass is 9.95. The number of hydrogen-bond acceptors (Lipinski definition) is 2. The highest BCUT2D eigenvalue weighted by atomic mass is 32.2. The second-order valence-electron chi connectivity index (χ2n) is 5.88. The number of amides is 1. The predicted octanol–water partition coefficient (Wildman–Crippen LogP) is 3.89. The third kappa shape index (κ3) is 4.49. The van der Waals surface area contributed by atoms with Crippen molar-refractivity contribution in [3.63, 3.8) is 0 Å². The molecule has 2 aliphatic carbocycles. The first kappa shape index (κ1) is 14.2. The molecule has 3 heteroatoms. The van der Waals surface area contributed by atoms with Crippen molar-refractivity contribution in [1.82, 2.24) is 5.32 Å². The summed E-state index contributed by atoms with van der Waals surface area (Å²) < 4.78 is 0. The smallest absolute Gasteiger partial charge is 0.233 e. The maximum absolute atomic E-state index is 12.2. The Morgan fingerprint density at radius 2 is 1.56 bits per heavy atom. The summed E-state index contributed by atoms with van der Waals surface area (Å²) in [6.07, 6.45) is 13.0. The molecule has 0 radical (unpaired) electrons. The molecule has 1 unspecified atom stereocenters. The standard InChI is InChI=1S/C15H27NOS/c1-12(18-14-10-6-3-7-11-14)15(17)16-13-8-4-2-5-9-13/h12-14H,2-11H2,1H3,(H,16,17). The summed E-state index contributed by atoms with van der Waals surface area (Å²) in [4.78, 5) is 12.2. The summed E-state index contributed by atoms with van der Waals surface area (Å²) in [6, 6.07) is 0.459. The maximum Gasteiger partial charge on any atom is 0.233 e. The minimum absolute atomic E-state index is 0.134. The number of nitrogens with one attached hydrogen (secondary N) is 1. The highest BCUT2D eigenvalue weighted by Gasteiger charge is 2.23. The maximum atomic E-state index is 12.2. The second kappa shape index (κ2) is 7.42. The minimum atomic E-state index is 0.134. The molecule has 18 heavy (non-hydrogen) atoms. The molecule has 0 aromatic rings. The van der Waals surface area contributed by atoms with Gasteiger partial charge in [-0.1, -0.05) is 38.5 Å². The van der Waals surface area contributed by atoms with Gasteiger partial charge in [-0.15, -0.1) is 11.8 Å². The van der Waals surface area contributed by atoms with Crippen LogP contribution in [0.25, 0.3) is 0 Å². The van der Waals surface area contributed by atoms with E-state index in [-0.39, 0.29) is 11.2 Å². The first-order chi connectivity index (χ1) is 8.75. The average molecular weight is 269 g/mol. The van der Waals surface area contributed by atoms with Crippen molar-refractivity contribution < 1.29 is 4.79 Å². The van der Waals surface area contributed by atoms with Gasteiger partial charge in [0.15, 0.2) is 0 Å². The fraction of sp³-hybridized carbons (Fsp3) is 0.933. The first-order valence-electron chi connectivity index (χ1n) is 7.71. The number of carbonyl (C=O) groups excluding carboxylic acids is 1. The average Bonchev–Trinajstić information content (AvgIpc) is 2.41. The molecule has 2 fully saturated rings. The number of rotatable bonds is 4. The largest absolute Gasteiger partial charge is 0.352 e. The van der Waals surface area contributed by atoms with Crippen LogP contribution in [-0.2, 0) is 4.79 Å². The zero-order valence-corrected chi connectivity index (χ0v) is 12.4. The topological polar surface area (TPSA) is 29.1 Å². The van der Waals surface area contributed by atoms with Crippen LogP contribution in [0.1, 0.15) is 71.1 Å². The molecule has 1 amide bonds. The molecule has 0 aromatic carbocycles. The van der Waals surface area contributed by atoms with Crippen LogP contribution in [0, 0.1) is 0 Å². The summed E-state index contributed by atoms with van der Waals surface area (Å²) in [5.74, 6) is 0.275. The Balaban J connectivity index is 1.69. The van der Waals surface area contributed by atoms with Crippen LogP contribution in [-0.4, -0.2) is 22.4 Å². The van der Waals surface area contributed by atoms with Gasteiger partial charge >= 0.3 is 0 Å². The Morgan fingerprint density at radius 3 is 2.17 bits per heavy atom. The van der Waals surface area contributed by atoms with E-state index in [2.05, 4.69) is 12.2 Å². The molecule has 2 nitrogen and oxygen atoms in total. The zero-order chi connectivity index (χ0) is 12.8. The Hall–Kier alpha value is -0.180. The van der Waals surface area contributed by atoms with Crippen LogP contribution in [0.4, 0.5) is 0 Å². The fourth-order valence-electron chi connectivity index (χ4n) is 3.12. The van der Waals surface area contributed by atoms with Gasteiger partial charge in [-0.2, -0.15) is 0 Å². The summed E-state index contributed by atoms with van der Waals surface area (Å²) in [6.45, 7) is 2.08. The summed E-state index contributed by atoms with van der Waals surface area (Å²) >= 11 is 1.91. The SMILES string of the molecule is CC(SC1CCCCC1)C(=O)NC1CCCCC1. The van der Waals surface area contributed by atoms with E-state index in [1.165, 1.54) is 64.2 Å². The van der Waals surface area contributed by atoms with Crippen molar-refractivity contribution in [2.24, 2.45) is 0 Å². The summed E-state index contributed by atoms with van der Waals surface area (Å²) in [5, 5.41) is 4.11. The van der Waals surface area contributed by atoms with Gasteiger partial charge in [-0.25, -0.2) is 0 Å². The Kier molecular flexibility index (Phi) is 5.87. The van der Waals surface area contributed by atoms with Gasteiger partial charge in [0.1, 0.15) is 0 Å². The minimum Gasteiger partial charge on any atom is -0.352 e. The lowest BCUT2D eigenvalue weighted by molar-refractivity contribution is -0.121. The van der Waals surface area contributed by atoms with E-state index < -0.39 is 0 Å². The van der Waals surface area contributed by atoms with Gasteiger partial charge in [0, 0.05) is 11.3 Å². The van der Waals surface area contributed by atoms with Crippen molar-refractivity contribution in [3.8, 4) is 0 Å². The van der Waals surface area contributed by atoms with Gasteiger partial charge in [-0.05, 0) is 32.6 Å². The van der Waals surface area contributed by atoms with Gasteiger partial charge < -0.3 is 5.32 Å². The monoisotopic (exact) mass is 269 g/mol. The molecule has 2 aliphatic rings. The van der Waals surface area contributed by atoms with E-state index in [4.69, 9.17) is 0 Å². The third-order valence-corrected chi connectivity index (χ3v) is 5.75. The van der Waals surface area contributed by atoms with Crippen molar-refractivity contribution >= 4 is 17.7 Å². The van der Waals surface area contributed by atoms with Crippen molar-refractivity contribution in [2.45, 2.75) is 87.7 Å². The molecular weight excluding hydrogens is 242 g/mol. The molecule has 0 heterocycles. The molecular formula is C15H27NOS. The molecule has 1 atom stereocenters. The molecule has 0 bridgehead atoms. The van der Waals surface area contributed by atoms with Crippen LogP contribution in [0.3, 0.4) is 0 Å². The normalized spacial score (nSPS) is 24.7. The molecule has 0 saturated heterocycles. The van der Waals surface area contributed by atoms with Gasteiger partial charge in [0.05, 0.1) is 5.25 Å². The molecule has 0 spiro atoms. The van der Waals surface area contributed by atoms with E-state index in [1.807, 2.05) is 11.8 Å². The number of carbonyl (C=O) groups is 1. The van der Waals surface area contributed by atoms with Crippen molar-refractivity contribution in [3.05, 3.63) is 0 Å². The van der Waals surface area contributed by atoms with Crippen LogP contribution in [0.5, 0.6) is 0 Å². The predicted molar refractivity (Wildman–Crippen MR) is 78.9 cm³/mol. The highest BCUT2D eigenvalue weighted by Crippen LogP contribution is 2.31. The van der Waals surface area contributed by atoms with Gasteiger partial charge in [-0.3, -0.25) is 4.79 Å². The Labute approximate surface area is 116 Å². The Morgan fingerprint density at radius 1 is 1.00 bits per heavy atom. The fourth-order valence-corrected chi connectivity index (χ4v) is 4.49. The first-order valence-corrected chi connectivity index (χ1v) is 8.66. The highest BCUT2D eigenvalue weighted by molar-refractivity contribution is 8.01. The molecule has 0 aliphatic heterocycles. The number of thioether (sulfide) groups is 1. The lowest BCUT2D eigenvalue weighted by Gasteiger charge is -2.27. The molecule has 2 saturated carbocycles. The Bertz CT molecular complexity index is 257. The van der Waals surface area contributed by atoms with Crippen molar-refractivity contribution in [1.29, 1.82) is 0 Å². The van der Waals surface area contributed by atoms with Crippen LogP contribution < -0.4 is 5.32 Å².